The Morgan fingerprint density at radius 1 is 1.46 bits per heavy atom. The van der Waals surface area contributed by atoms with E-state index in [9.17, 15) is 4.79 Å². The fourth-order valence-electron chi connectivity index (χ4n) is 1.08. The Kier molecular flexibility index (Phi) is 2.25. The highest BCUT2D eigenvalue weighted by molar-refractivity contribution is 14.1. The van der Waals surface area contributed by atoms with Gasteiger partial charge in [0.1, 0.15) is 0 Å². The number of nitrogens with zero attached hydrogens (tertiary/aromatic N) is 1. The Labute approximate surface area is 92.3 Å². The molecular formula is C8H4ClIN2O. The summed E-state index contributed by atoms with van der Waals surface area (Å²) < 4.78 is 0.581. The number of fused-ring (bicyclic) bond motifs is 1. The molecule has 0 spiro atoms. The first kappa shape index (κ1) is 8.96. The van der Waals surface area contributed by atoms with Crippen molar-refractivity contribution in [3.63, 3.8) is 0 Å². The van der Waals surface area contributed by atoms with Gasteiger partial charge in [-0.05, 0) is 40.8 Å². The predicted octanol–water partition coefficient (Wildman–Crippen LogP) is 2.18. The summed E-state index contributed by atoms with van der Waals surface area (Å²) in [4.78, 5) is 18.1. The molecule has 1 N–H and O–H groups in total. The third-order valence-electron chi connectivity index (χ3n) is 1.64. The molecule has 0 fully saturated rings. The van der Waals surface area contributed by atoms with Crippen LogP contribution >= 0.6 is 34.2 Å². The molecule has 0 saturated heterocycles. The van der Waals surface area contributed by atoms with Crippen LogP contribution < -0.4 is 5.56 Å². The van der Waals surface area contributed by atoms with E-state index in [0.717, 1.165) is 0 Å². The minimum Gasteiger partial charge on any atom is -0.301 e. The summed E-state index contributed by atoms with van der Waals surface area (Å²) >= 11 is 7.71. The third-order valence-corrected chi connectivity index (χ3v) is 2.38. The molecule has 2 rings (SSSR count). The molecule has 0 radical (unpaired) electrons. The smallest absolute Gasteiger partial charge is 0.259 e. The van der Waals surface area contributed by atoms with Gasteiger partial charge in [0.05, 0.1) is 10.9 Å². The number of nitrogens with one attached hydrogen (secondary N) is 1. The molecule has 13 heavy (non-hydrogen) atoms. The number of rotatable bonds is 0. The van der Waals surface area contributed by atoms with Crippen molar-refractivity contribution in [2.24, 2.45) is 0 Å². The molecule has 0 unspecified atom stereocenters. The van der Waals surface area contributed by atoms with E-state index in [4.69, 9.17) is 11.6 Å². The monoisotopic (exact) mass is 306 g/mol. The SMILES string of the molecule is O=c1[nH]c(I)nc2ccc(Cl)cc12. The molecule has 0 aliphatic heterocycles. The molecule has 1 heterocycles. The van der Waals surface area contributed by atoms with Gasteiger partial charge in [0.25, 0.3) is 5.56 Å². The number of H-pyrrole nitrogens is 1. The second-order valence-corrected chi connectivity index (χ2v) is 3.98. The van der Waals surface area contributed by atoms with Gasteiger partial charge in [0.15, 0.2) is 3.83 Å². The lowest BCUT2D eigenvalue weighted by Crippen LogP contribution is -2.09. The van der Waals surface area contributed by atoms with Gasteiger partial charge in [0, 0.05) is 5.02 Å². The minimum absolute atomic E-state index is 0.156. The van der Waals surface area contributed by atoms with Crippen molar-refractivity contribution in [3.05, 3.63) is 37.4 Å². The quantitative estimate of drug-likeness (QED) is 0.599. The molecular weight excluding hydrogens is 302 g/mol. The summed E-state index contributed by atoms with van der Waals surface area (Å²) in [5, 5.41) is 1.06. The molecule has 1 aromatic carbocycles. The Bertz CT molecular complexity index is 523. The lowest BCUT2D eigenvalue weighted by molar-refractivity contribution is 1.11. The molecule has 2 aromatic rings. The van der Waals surface area contributed by atoms with Crippen molar-refractivity contribution < 1.29 is 0 Å². The van der Waals surface area contributed by atoms with Crippen LogP contribution in [0.25, 0.3) is 10.9 Å². The number of aromatic nitrogens is 2. The van der Waals surface area contributed by atoms with Crippen molar-refractivity contribution in [1.82, 2.24) is 9.97 Å². The van der Waals surface area contributed by atoms with E-state index >= 15 is 0 Å². The molecule has 0 amide bonds. The van der Waals surface area contributed by atoms with Crippen molar-refractivity contribution in [2.75, 3.05) is 0 Å². The minimum atomic E-state index is -0.156. The fourth-order valence-corrected chi connectivity index (χ4v) is 1.76. The van der Waals surface area contributed by atoms with E-state index in [-0.39, 0.29) is 5.56 Å². The molecule has 3 nitrogen and oxygen atoms in total. The number of hydrogen-bond acceptors (Lipinski definition) is 2. The van der Waals surface area contributed by atoms with Crippen LogP contribution in [0.3, 0.4) is 0 Å². The highest BCUT2D eigenvalue weighted by atomic mass is 127. The van der Waals surface area contributed by atoms with Crippen molar-refractivity contribution in [2.45, 2.75) is 0 Å². The third kappa shape index (κ3) is 1.68. The van der Waals surface area contributed by atoms with Gasteiger partial charge in [-0.3, -0.25) is 4.79 Å². The van der Waals surface area contributed by atoms with Crippen LogP contribution in [-0.4, -0.2) is 9.97 Å². The van der Waals surface area contributed by atoms with Crippen LogP contribution in [0.5, 0.6) is 0 Å². The van der Waals surface area contributed by atoms with Gasteiger partial charge in [-0.1, -0.05) is 11.6 Å². The molecule has 0 aliphatic rings. The average Bonchev–Trinajstić information content (AvgIpc) is 2.06. The van der Waals surface area contributed by atoms with Gasteiger partial charge >= 0.3 is 0 Å². The summed E-state index contributed by atoms with van der Waals surface area (Å²) in [6.07, 6.45) is 0. The van der Waals surface area contributed by atoms with Crippen molar-refractivity contribution in [3.8, 4) is 0 Å². The lowest BCUT2D eigenvalue weighted by atomic mass is 10.2. The van der Waals surface area contributed by atoms with E-state index in [1.807, 2.05) is 22.6 Å². The Morgan fingerprint density at radius 3 is 3.00 bits per heavy atom. The summed E-state index contributed by atoms with van der Waals surface area (Å²) in [5.74, 6) is 0. The zero-order valence-corrected chi connectivity index (χ0v) is 9.26. The maximum Gasteiger partial charge on any atom is 0.259 e. The molecule has 0 bridgehead atoms. The second kappa shape index (κ2) is 3.26. The first-order chi connectivity index (χ1) is 6.16. The van der Waals surface area contributed by atoms with E-state index in [1.165, 1.54) is 0 Å². The van der Waals surface area contributed by atoms with E-state index in [2.05, 4.69) is 9.97 Å². The first-order valence-corrected chi connectivity index (χ1v) is 4.97. The second-order valence-electron chi connectivity index (χ2n) is 2.52. The highest BCUT2D eigenvalue weighted by Gasteiger charge is 2.01. The normalized spacial score (nSPS) is 10.6. The number of hydrogen-bond donors (Lipinski definition) is 1. The number of halogens is 2. The van der Waals surface area contributed by atoms with Crippen molar-refractivity contribution in [1.29, 1.82) is 0 Å². The largest absolute Gasteiger partial charge is 0.301 e. The first-order valence-electron chi connectivity index (χ1n) is 3.52. The van der Waals surface area contributed by atoms with Crippen LogP contribution in [0.1, 0.15) is 0 Å². The van der Waals surface area contributed by atoms with Gasteiger partial charge in [0.2, 0.25) is 0 Å². The van der Waals surface area contributed by atoms with Crippen LogP contribution in [-0.2, 0) is 0 Å². The molecule has 5 heteroatoms. The molecule has 1 aromatic heterocycles. The van der Waals surface area contributed by atoms with E-state index < -0.39 is 0 Å². The van der Waals surface area contributed by atoms with Gasteiger partial charge in [-0.25, -0.2) is 4.98 Å². The molecule has 0 atom stereocenters. The summed E-state index contributed by atoms with van der Waals surface area (Å²) in [7, 11) is 0. The van der Waals surface area contributed by atoms with Crippen LogP contribution in [0.15, 0.2) is 23.0 Å². The molecule has 0 aliphatic carbocycles. The van der Waals surface area contributed by atoms with Crippen LogP contribution in [0, 0.1) is 3.83 Å². The van der Waals surface area contributed by atoms with Gasteiger partial charge in [-0.15, -0.1) is 0 Å². The molecule has 0 saturated carbocycles. The van der Waals surface area contributed by atoms with Gasteiger partial charge in [-0.2, -0.15) is 0 Å². The van der Waals surface area contributed by atoms with E-state index in [0.29, 0.717) is 19.8 Å². The topological polar surface area (TPSA) is 45.8 Å². The maximum absolute atomic E-state index is 11.4. The summed E-state index contributed by atoms with van der Waals surface area (Å²) in [6.45, 7) is 0. The average molecular weight is 306 g/mol. The molecule has 66 valence electrons. The van der Waals surface area contributed by atoms with Crippen LogP contribution in [0.2, 0.25) is 5.02 Å². The predicted molar refractivity (Wildman–Crippen MR) is 60.1 cm³/mol. The standard InChI is InChI=1S/C8H4ClIN2O/c9-4-1-2-6-5(3-4)7(13)12-8(10)11-6/h1-3H,(H,11,12,13). The Balaban J connectivity index is 2.95. The Morgan fingerprint density at radius 2 is 2.23 bits per heavy atom. The Hall–Kier alpha value is -0.620. The van der Waals surface area contributed by atoms with Crippen molar-refractivity contribution >= 4 is 45.1 Å². The summed E-state index contributed by atoms with van der Waals surface area (Å²) in [6, 6.07) is 5.06. The summed E-state index contributed by atoms with van der Waals surface area (Å²) in [5.41, 5.74) is 0.509. The van der Waals surface area contributed by atoms with Gasteiger partial charge < -0.3 is 4.98 Å². The number of benzene rings is 1. The lowest BCUT2D eigenvalue weighted by Gasteiger charge is -1.97. The zero-order chi connectivity index (χ0) is 9.42. The zero-order valence-electron chi connectivity index (χ0n) is 6.34. The maximum atomic E-state index is 11.4. The van der Waals surface area contributed by atoms with E-state index in [1.54, 1.807) is 18.2 Å². The fraction of sp³-hybridized carbons (Fsp3) is 0. The number of aromatic amines is 1. The highest BCUT2D eigenvalue weighted by Crippen LogP contribution is 2.14. The van der Waals surface area contributed by atoms with Crippen LogP contribution in [0.4, 0.5) is 0 Å².